The van der Waals surface area contributed by atoms with Crippen molar-refractivity contribution < 1.29 is 19.6 Å². The summed E-state index contributed by atoms with van der Waals surface area (Å²) >= 11 is 0. The van der Waals surface area contributed by atoms with E-state index in [0.717, 1.165) is 0 Å². The van der Waals surface area contributed by atoms with Crippen LogP contribution in [0.5, 0.6) is 0 Å². The highest BCUT2D eigenvalue weighted by molar-refractivity contribution is 5.89. The van der Waals surface area contributed by atoms with Gasteiger partial charge < -0.3 is 15.3 Å². The van der Waals surface area contributed by atoms with Crippen molar-refractivity contribution >= 4 is 23.3 Å². The van der Waals surface area contributed by atoms with Crippen molar-refractivity contribution in [3.63, 3.8) is 0 Å². The molecule has 0 aliphatic heterocycles. The molecule has 1 amide bonds. The van der Waals surface area contributed by atoms with Gasteiger partial charge in [-0.15, -0.1) is 0 Å². The zero-order chi connectivity index (χ0) is 16.9. The van der Waals surface area contributed by atoms with E-state index < -0.39 is 22.3 Å². The Kier molecular flexibility index (Phi) is 5.44. The van der Waals surface area contributed by atoms with Gasteiger partial charge in [0.05, 0.1) is 11.5 Å². The van der Waals surface area contributed by atoms with E-state index in [-0.39, 0.29) is 24.3 Å². The molecule has 0 heterocycles. The lowest BCUT2D eigenvalue weighted by Gasteiger charge is -2.26. The molecule has 0 saturated carbocycles. The van der Waals surface area contributed by atoms with Crippen LogP contribution in [-0.4, -0.2) is 41.0 Å². The summed E-state index contributed by atoms with van der Waals surface area (Å²) in [6, 6.07) is 6.04. The maximum absolute atomic E-state index is 12.0. The quantitative estimate of drug-likeness (QED) is 0.581. The second-order valence-corrected chi connectivity index (χ2v) is 5.14. The van der Waals surface area contributed by atoms with E-state index in [0.29, 0.717) is 0 Å². The lowest BCUT2D eigenvalue weighted by atomic mass is 9.99. The molecule has 2 N–H and O–H groups in total. The molecule has 0 fully saturated rings. The predicted molar refractivity (Wildman–Crippen MR) is 80.8 cm³/mol. The number of anilines is 1. The Hall–Kier alpha value is -2.64. The molecule has 8 nitrogen and oxygen atoms in total. The molecule has 0 aromatic heterocycles. The topological polar surface area (TPSA) is 113 Å². The number of nitro groups is 1. The molecule has 120 valence electrons. The summed E-state index contributed by atoms with van der Waals surface area (Å²) in [7, 11) is 1.53. The van der Waals surface area contributed by atoms with Gasteiger partial charge in [0.1, 0.15) is 11.2 Å². The predicted octanol–water partition coefficient (Wildman–Crippen LogP) is 1.40. The SMILES string of the molecule is CCC(C)(NC(=O)CN(C)c1ccccc1[N+](=O)[O-])C(=O)O. The van der Waals surface area contributed by atoms with Crippen LogP contribution in [0.3, 0.4) is 0 Å². The third kappa shape index (κ3) is 3.94. The number of carbonyl (C=O) groups is 2. The Morgan fingerprint density at radius 3 is 2.50 bits per heavy atom. The molecule has 0 aliphatic carbocycles. The highest BCUT2D eigenvalue weighted by atomic mass is 16.6. The van der Waals surface area contributed by atoms with Gasteiger partial charge in [-0.25, -0.2) is 4.79 Å². The van der Waals surface area contributed by atoms with Crippen LogP contribution in [-0.2, 0) is 9.59 Å². The fourth-order valence-corrected chi connectivity index (χ4v) is 1.88. The number of likely N-dealkylation sites (N-methyl/N-ethyl adjacent to an activating group) is 1. The number of nitrogens with one attached hydrogen (secondary N) is 1. The van der Waals surface area contributed by atoms with Crippen LogP contribution >= 0.6 is 0 Å². The molecule has 0 spiro atoms. The molecule has 0 saturated heterocycles. The first-order chi connectivity index (χ1) is 10.2. The molecule has 1 unspecified atom stereocenters. The summed E-state index contributed by atoms with van der Waals surface area (Å²) in [6.45, 7) is 2.88. The van der Waals surface area contributed by atoms with Gasteiger partial charge in [-0.1, -0.05) is 19.1 Å². The van der Waals surface area contributed by atoms with Gasteiger partial charge in [-0.2, -0.15) is 0 Å². The first-order valence-corrected chi connectivity index (χ1v) is 6.70. The Morgan fingerprint density at radius 2 is 2.00 bits per heavy atom. The third-order valence-electron chi connectivity index (χ3n) is 3.46. The summed E-state index contributed by atoms with van der Waals surface area (Å²) in [5.74, 6) is -1.65. The number of aliphatic carboxylic acids is 1. The number of carbonyl (C=O) groups excluding carboxylic acids is 1. The lowest BCUT2D eigenvalue weighted by Crippen LogP contribution is -2.54. The van der Waals surface area contributed by atoms with E-state index in [1.54, 1.807) is 13.0 Å². The first-order valence-electron chi connectivity index (χ1n) is 6.70. The second kappa shape index (κ2) is 6.88. The van der Waals surface area contributed by atoms with Crippen LogP contribution in [0.4, 0.5) is 11.4 Å². The van der Waals surface area contributed by atoms with Gasteiger partial charge in [0.15, 0.2) is 0 Å². The smallest absolute Gasteiger partial charge is 0.329 e. The minimum absolute atomic E-state index is 0.116. The molecule has 0 radical (unpaired) electrons. The molecule has 0 aliphatic rings. The molecule has 1 atom stereocenters. The molecular formula is C14H19N3O5. The van der Waals surface area contributed by atoms with Gasteiger partial charge in [-0.3, -0.25) is 14.9 Å². The largest absolute Gasteiger partial charge is 0.480 e. The van der Waals surface area contributed by atoms with Crippen LogP contribution in [0.2, 0.25) is 0 Å². The van der Waals surface area contributed by atoms with E-state index in [9.17, 15) is 19.7 Å². The number of nitro benzene ring substituents is 1. The van der Waals surface area contributed by atoms with Crippen LogP contribution in [0.1, 0.15) is 20.3 Å². The van der Waals surface area contributed by atoms with Crippen molar-refractivity contribution in [2.24, 2.45) is 0 Å². The maximum atomic E-state index is 12.0. The van der Waals surface area contributed by atoms with Crippen LogP contribution < -0.4 is 10.2 Å². The van der Waals surface area contributed by atoms with Gasteiger partial charge in [0.2, 0.25) is 5.91 Å². The number of amides is 1. The van der Waals surface area contributed by atoms with Crippen molar-refractivity contribution in [2.45, 2.75) is 25.8 Å². The minimum Gasteiger partial charge on any atom is -0.480 e. The first kappa shape index (κ1) is 17.4. The third-order valence-corrected chi connectivity index (χ3v) is 3.46. The molecule has 1 aromatic carbocycles. The van der Waals surface area contributed by atoms with Crippen LogP contribution in [0.25, 0.3) is 0 Å². The number of carboxylic acid groups (broad SMARTS) is 1. The molecule has 8 heteroatoms. The molecule has 22 heavy (non-hydrogen) atoms. The van der Waals surface area contributed by atoms with Crippen molar-refractivity contribution in [1.29, 1.82) is 0 Å². The number of para-hydroxylation sites is 2. The van der Waals surface area contributed by atoms with Crippen molar-refractivity contribution in [2.75, 3.05) is 18.5 Å². The van der Waals surface area contributed by atoms with Gasteiger partial charge in [-0.05, 0) is 19.4 Å². The van der Waals surface area contributed by atoms with E-state index in [4.69, 9.17) is 5.11 Å². The Labute approximate surface area is 127 Å². The second-order valence-electron chi connectivity index (χ2n) is 5.14. The van der Waals surface area contributed by atoms with Crippen molar-refractivity contribution in [1.82, 2.24) is 5.32 Å². The van der Waals surface area contributed by atoms with Crippen LogP contribution in [0, 0.1) is 10.1 Å². The zero-order valence-corrected chi connectivity index (χ0v) is 12.7. The summed E-state index contributed by atoms with van der Waals surface area (Å²) < 4.78 is 0. The highest BCUT2D eigenvalue weighted by Crippen LogP contribution is 2.26. The fraction of sp³-hybridized carbons (Fsp3) is 0.429. The number of benzene rings is 1. The molecule has 0 bridgehead atoms. The lowest BCUT2D eigenvalue weighted by molar-refractivity contribution is -0.384. The zero-order valence-electron chi connectivity index (χ0n) is 12.7. The van der Waals surface area contributed by atoms with Gasteiger partial charge in [0.25, 0.3) is 5.69 Å². The monoisotopic (exact) mass is 309 g/mol. The normalized spacial score (nSPS) is 13.0. The Morgan fingerprint density at radius 1 is 1.41 bits per heavy atom. The minimum atomic E-state index is -1.36. The van der Waals surface area contributed by atoms with Crippen LogP contribution in [0.15, 0.2) is 24.3 Å². The average molecular weight is 309 g/mol. The number of hydrogen-bond acceptors (Lipinski definition) is 5. The molecular weight excluding hydrogens is 290 g/mol. The summed E-state index contributed by atoms with van der Waals surface area (Å²) in [6.07, 6.45) is 0.225. The number of hydrogen-bond donors (Lipinski definition) is 2. The standard InChI is InChI=1S/C14H19N3O5/c1-4-14(2,13(19)20)15-12(18)9-16(3)10-7-5-6-8-11(10)17(21)22/h5-8H,4,9H2,1-3H3,(H,15,18)(H,19,20). The fourth-order valence-electron chi connectivity index (χ4n) is 1.88. The Balaban J connectivity index is 2.85. The average Bonchev–Trinajstić information content (AvgIpc) is 2.46. The Bertz CT molecular complexity index is 590. The van der Waals surface area contributed by atoms with E-state index in [2.05, 4.69) is 5.32 Å². The van der Waals surface area contributed by atoms with E-state index in [1.165, 1.54) is 37.1 Å². The highest BCUT2D eigenvalue weighted by Gasteiger charge is 2.33. The summed E-state index contributed by atoms with van der Waals surface area (Å²) in [5, 5.41) is 22.6. The molecule has 1 aromatic rings. The maximum Gasteiger partial charge on any atom is 0.329 e. The van der Waals surface area contributed by atoms with Gasteiger partial charge >= 0.3 is 5.97 Å². The van der Waals surface area contributed by atoms with Gasteiger partial charge in [0, 0.05) is 13.1 Å². The van der Waals surface area contributed by atoms with E-state index in [1.807, 2.05) is 0 Å². The number of rotatable bonds is 7. The van der Waals surface area contributed by atoms with E-state index >= 15 is 0 Å². The van der Waals surface area contributed by atoms with Crippen molar-refractivity contribution in [3.05, 3.63) is 34.4 Å². The summed E-state index contributed by atoms with van der Waals surface area (Å²) in [5.41, 5.74) is -1.19. The van der Waals surface area contributed by atoms with Crippen molar-refractivity contribution in [3.8, 4) is 0 Å². The summed E-state index contributed by atoms with van der Waals surface area (Å²) in [4.78, 5) is 35.0. The molecule has 1 rings (SSSR count). The number of carboxylic acids is 1. The number of nitrogens with zero attached hydrogens (tertiary/aromatic N) is 2.